The molecule has 1 rings (SSSR count). The van der Waals surface area contributed by atoms with E-state index in [1.807, 2.05) is 6.92 Å². The highest BCUT2D eigenvalue weighted by Gasteiger charge is 2.04. The first-order chi connectivity index (χ1) is 5.77. The van der Waals surface area contributed by atoms with Gasteiger partial charge in [-0.25, -0.2) is 0 Å². The van der Waals surface area contributed by atoms with Crippen molar-refractivity contribution in [3.63, 3.8) is 0 Å². The molecule has 0 aliphatic heterocycles. The molecule has 0 aliphatic rings. The molecule has 0 aliphatic carbocycles. The van der Waals surface area contributed by atoms with Crippen LogP contribution in [0.1, 0.15) is 30.6 Å². The van der Waals surface area contributed by atoms with E-state index in [0.29, 0.717) is 5.56 Å². The number of hydrogen-bond donors (Lipinski definition) is 1. The van der Waals surface area contributed by atoms with Gasteiger partial charge in [0, 0.05) is 12.2 Å². The summed E-state index contributed by atoms with van der Waals surface area (Å²) in [5.41, 5.74) is 7.15. The van der Waals surface area contributed by atoms with Gasteiger partial charge in [0.1, 0.15) is 0 Å². The molecular weight excluding hydrogens is 150 g/mol. The van der Waals surface area contributed by atoms with Crippen molar-refractivity contribution >= 4 is 0 Å². The van der Waals surface area contributed by atoms with Gasteiger partial charge in [-0.1, -0.05) is 6.92 Å². The van der Waals surface area contributed by atoms with Gasteiger partial charge in [0.15, 0.2) is 0 Å². The van der Waals surface area contributed by atoms with Crippen LogP contribution in [0.25, 0.3) is 0 Å². The second-order valence-corrected chi connectivity index (χ2v) is 2.60. The van der Waals surface area contributed by atoms with Crippen molar-refractivity contribution in [3.05, 3.63) is 29.6 Å². The molecular formula is C9H11N3. The van der Waals surface area contributed by atoms with E-state index in [4.69, 9.17) is 11.0 Å². The zero-order valence-electron chi connectivity index (χ0n) is 6.99. The minimum absolute atomic E-state index is 0.0571. The molecule has 3 heteroatoms. The molecule has 0 bridgehead atoms. The van der Waals surface area contributed by atoms with E-state index in [2.05, 4.69) is 11.1 Å². The molecule has 2 N–H and O–H groups in total. The molecule has 1 unspecified atom stereocenters. The van der Waals surface area contributed by atoms with Gasteiger partial charge in [0.05, 0.1) is 17.3 Å². The largest absolute Gasteiger partial charge is 0.323 e. The van der Waals surface area contributed by atoms with Gasteiger partial charge in [0.2, 0.25) is 0 Å². The van der Waals surface area contributed by atoms with Gasteiger partial charge in [-0.05, 0) is 18.6 Å². The molecule has 3 nitrogen and oxygen atoms in total. The van der Waals surface area contributed by atoms with Crippen LogP contribution in [0.2, 0.25) is 0 Å². The van der Waals surface area contributed by atoms with Crippen LogP contribution in [0.15, 0.2) is 18.3 Å². The summed E-state index contributed by atoms with van der Waals surface area (Å²) >= 11 is 0. The minimum Gasteiger partial charge on any atom is -0.323 e. The zero-order valence-corrected chi connectivity index (χ0v) is 6.99. The molecule has 1 aromatic rings. The van der Waals surface area contributed by atoms with Gasteiger partial charge < -0.3 is 5.73 Å². The summed E-state index contributed by atoms with van der Waals surface area (Å²) in [7, 11) is 0. The Morgan fingerprint density at radius 1 is 1.75 bits per heavy atom. The third-order valence-corrected chi connectivity index (χ3v) is 1.73. The summed E-state index contributed by atoms with van der Waals surface area (Å²) < 4.78 is 0. The van der Waals surface area contributed by atoms with Crippen LogP contribution in [0, 0.1) is 11.3 Å². The lowest BCUT2D eigenvalue weighted by Crippen LogP contribution is -2.10. The van der Waals surface area contributed by atoms with E-state index >= 15 is 0 Å². The maximum absolute atomic E-state index is 8.60. The molecule has 0 radical (unpaired) electrons. The lowest BCUT2D eigenvalue weighted by atomic mass is 10.1. The predicted molar refractivity (Wildman–Crippen MR) is 46.2 cm³/mol. The lowest BCUT2D eigenvalue weighted by Gasteiger charge is -2.06. The van der Waals surface area contributed by atoms with E-state index < -0.39 is 0 Å². The average molecular weight is 161 g/mol. The van der Waals surface area contributed by atoms with E-state index in [1.165, 1.54) is 0 Å². The monoisotopic (exact) mass is 161 g/mol. The summed E-state index contributed by atoms with van der Waals surface area (Å²) in [4.78, 5) is 4.08. The van der Waals surface area contributed by atoms with Crippen LogP contribution in [0.4, 0.5) is 0 Å². The standard InChI is InChI=1S/C9H11N3/c1-2-8(11)9-5-7(6-10)3-4-12-9/h3-5,8H,2,11H2,1H3. The van der Waals surface area contributed by atoms with Gasteiger partial charge in [-0.15, -0.1) is 0 Å². The quantitative estimate of drug-likeness (QED) is 0.712. The first kappa shape index (κ1) is 8.69. The lowest BCUT2D eigenvalue weighted by molar-refractivity contribution is 0.675. The summed E-state index contributed by atoms with van der Waals surface area (Å²) in [6.07, 6.45) is 2.45. The topological polar surface area (TPSA) is 62.7 Å². The summed E-state index contributed by atoms with van der Waals surface area (Å²) in [6, 6.07) is 5.40. The van der Waals surface area contributed by atoms with Gasteiger partial charge >= 0.3 is 0 Å². The first-order valence-corrected chi connectivity index (χ1v) is 3.89. The van der Waals surface area contributed by atoms with Crippen molar-refractivity contribution in [2.24, 2.45) is 5.73 Å². The van der Waals surface area contributed by atoms with Crippen LogP contribution in [0.5, 0.6) is 0 Å². The first-order valence-electron chi connectivity index (χ1n) is 3.89. The molecule has 0 fully saturated rings. The molecule has 1 heterocycles. The van der Waals surface area contributed by atoms with Crippen molar-refractivity contribution in [3.8, 4) is 6.07 Å². The molecule has 0 saturated carbocycles. The van der Waals surface area contributed by atoms with E-state index in [1.54, 1.807) is 18.3 Å². The Balaban J connectivity index is 2.95. The van der Waals surface area contributed by atoms with Crippen LogP contribution >= 0.6 is 0 Å². The van der Waals surface area contributed by atoms with Crippen molar-refractivity contribution < 1.29 is 0 Å². The Kier molecular flexibility index (Phi) is 2.78. The Hall–Kier alpha value is -1.40. The van der Waals surface area contributed by atoms with Crippen molar-refractivity contribution in [2.45, 2.75) is 19.4 Å². The highest BCUT2D eigenvalue weighted by molar-refractivity contribution is 5.29. The summed E-state index contributed by atoms with van der Waals surface area (Å²) in [5.74, 6) is 0. The minimum atomic E-state index is -0.0571. The number of hydrogen-bond acceptors (Lipinski definition) is 3. The molecule has 0 saturated heterocycles. The third kappa shape index (κ3) is 1.80. The number of nitrogens with zero attached hydrogens (tertiary/aromatic N) is 2. The highest BCUT2D eigenvalue weighted by Crippen LogP contribution is 2.11. The fourth-order valence-corrected chi connectivity index (χ4v) is 0.930. The fraction of sp³-hybridized carbons (Fsp3) is 0.333. The second kappa shape index (κ2) is 3.84. The van der Waals surface area contributed by atoms with E-state index in [9.17, 15) is 0 Å². The van der Waals surface area contributed by atoms with Crippen LogP contribution in [-0.2, 0) is 0 Å². The Bertz CT molecular complexity index is 301. The molecule has 1 atom stereocenters. The molecule has 0 spiro atoms. The zero-order chi connectivity index (χ0) is 8.97. The van der Waals surface area contributed by atoms with E-state index in [-0.39, 0.29) is 6.04 Å². The van der Waals surface area contributed by atoms with Gasteiger partial charge in [-0.3, -0.25) is 4.98 Å². The van der Waals surface area contributed by atoms with Crippen LogP contribution in [-0.4, -0.2) is 4.98 Å². The third-order valence-electron chi connectivity index (χ3n) is 1.73. The second-order valence-electron chi connectivity index (χ2n) is 2.60. The Labute approximate surface area is 71.8 Å². The smallest absolute Gasteiger partial charge is 0.0992 e. The summed E-state index contributed by atoms with van der Waals surface area (Å²) in [6.45, 7) is 1.99. The molecule has 12 heavy (non-hydrogen) atoms. The molecule has 1 aromatic heterocycles. The maximum atomic E-state index is 8.60. The molecule has 62 valence electrons. The van der Waals surface area contributed by atoms with Crippen molar-refractivity contribution in [1.82, 2.24) is 4.98 Å². The van der Waals surface area contributed by atoms with E-state index in [0.717, 1.165) is 12.1 Å². The van der Waals surface area contributed by atoms with Gasteiger partial charge in [-0.2, -0.15) is 5.26 Å². The normalized spacial score (nSPS) is 12.1. The summed E-state index contributed by atoms with van der Waals surface area (Å²) in [5, 5.41) is 8.60. The molecule has 0 aromatic carbocycles. The van der Waals surface area contributed by atoms with Crippen molar-refractivity contribution in [1.29, 1.82) is 5.26 Å². The SMILES string of the molecule is CCC(N)c1cc(C#N)ccn1. The predicted octanol–water partition coefficient (Wildman–Crippen LogP) is 1.36. The Morgan fingerprint density at radius 2 is 2.50 bits per heavy atom. The highest BCUT2D eigenvalue weighted by atomic mass is 14.8. The number of rotatable bonds is 2. The van der Waals surface area contributed by atoms with Crippen LogP contribution < -0.4 is 5.73 Å². The number of nitriles is 1. The molecule has 0 amide bonds. The number of pyridine rings is 1. The van der Waals surface area contributed by atoms with Crippen molar-refractivity contribution in [2.75, 3.05) is 0 Å². The number of aromatic nitrogens is 1. The maximum Gasteiger partial charge on any atom is 0.0992 e. The number of nitrogens with two attached hydrogens (primary N) is 1. The fourth-order valence-electron chi connectivity index (χ4n) is 0.930. The van der Waals surface area contributed by atoms with Crippen LogP contribution in [0.3, 0.4) is 0 Å². The Morgan fingerprint density at radius 3 is 3.08 bits per heavy atom. The average Bonchev–Trinajstić information content (AvgIpc) is 2.17. The van der Waals surface area contributed by atoms with Gasteiger partial charge in [0.25, 0.3) is 0 Å².